The number of carbonyl (C=O) groups excluding carboxylic acids is 1. The fourth-order valence-electron chi connectivity index (χ4n) is 3.28. The van der Waals surface area contributed by atoms with Gasteiger partial charge in [0.25, 0.3) is 0 Å². The third-order valence-electron chi connectivity index (χ3n) is 4.66. The van der Waals surface area contributed by atoms with Gasteiger partial charge in [-0.15, -0.1) is 0 Å². The van der Waals surface area contributed by atoms with Crippen LogP contribution in [0.25, 0.3) is 0 Å². The van der Waals surface area contributed by atoms with Crippen molar-refractivity contribution in [3.05, 3.63) is 71.8 Å². The van der Waals surface area contributed by atoms with Gasteiger partial charge in [-0.25, -0.2) is 9.59 Å². The van der Waals surface area contributed by atoms with Crippen molar-refractivity contribution in [1.82, 2.24) is 10.2 Å². The van der Waals surface area contributed by atoms with Crippen molar-refractivity contribution in [3.8, 4) is 0 Å². The van der Waals surface area contributed by atoms with Crippen LogP contribution in [0.1, 0.15) is 31.9 Å². The maximum absolute atomic E-state index is 12.0. The Labute approximate surface area is 177 Å². The third kappa shape index (κ3) is 7.08. The topological polar surface area (TPSA) is 99.1 Å². The van der Waals surface area contributed by atoms with Crippen LogP contribution in [0, 0.1) is 0 Å². The van der Waals surface area contributed by atoms with Gasteiger partial charge in [-0.2, -0.15) is 0 Å². The maximum Gasteiger partial charge on any atom is 0.408 e. The number of amides is 2. The summed E-state index contributed by atoms with van der Waals surface area (Å²) in [6.45, 7) is 5.29. The number of hydrogen-bond donors (Lipinski definition) is 3. The fourth-order valence-corrected chi connectivity index (χ4v) is 3.28. The summed E-state index contributed by atoms with van der Waals surface area (Å²) in [6, 6.07) is 17.9. The zero-order chi connectivity index (χ0) is 22.1. The first-order valence-corrected chi connectivity index (χ1v) is 9.87. The Balaban J connectivity index is 2.05. The first-order valence-electron chi connectivity index (χ1n) is 9.87. The van der Waals surface area contributed by atoms with Gasteiger partial charge < -0.3 is 20.3 Å². The highest BCUT2D eigenvalue weighted by atomic mass is 16.5. The van der Waals surface area contributed by atoms with Crippen LogP contribution in [0.15, 0.2) is 60.7 Å². The lowest BCUT2D eigenvalue weighted by Gasteiger charge is -2.41. The second-order valence-electron chi connectivity index (χ2n) is 8.09. The lowest BCUT2D eigenvalue weighted by Crippen LogP contribution is -2.58. The molecule has 0 fully saturated rings. The number of ether oxygens (including phenoxy) is 1. The Morgan fingerprint density at radius 2 is 1.53 bits per heavy atom. The molecule has 0 unspecified atom stereocenters. The third-order valence-corrected chi connectivity index (χ3v) is 4.66. The van der Waals surface area contributed by atoms with E-state index in [-0.39, 0.29) is 13.2 Å². The second kappa shape index (κ2) is 10.6. The molecule has 2 rings (SSSR count). The van der Waals surface area contributed by atoms with E-state index in [1.807, 2.05) is 60.7 Å². The van der Waals surface area contributed by atoms with Crippen molar-refractivity contribution in [3.63, 3.8) is 0 Å². The van der Waals surface area contributed by atoms with Crippen molar-refractivity contribution in [1.29, 1.82) is 0 Å². The lowest BCUT2D eigenvalue weighted by molar-refractivity contribution is 0.00765. The van der Waals surface area contributed by atoms with Crippen molar-refractivity contribution < 1.29 is 24.5 Å². The summed E-state index contributed by atoms with van der Waals surface area (Å²) in [6.07, 6.45) is -2.61. The molecule has 0 saturated heterocycles. The van der Waals surface area contributed by atoms with Crippen molar-refractivity contribution in [2.75, 3.05) is 6.54 Å². The van der Waals surface area contributed by atoms with E-state index in [0.29, 0.717) is 6.42 Å². The molecule has 0 aromatic heterocycles. The fraction of sp³-hybridized carbons (Fsp3) is 0.391. The van der Waals surface area contributed by atoms with Crippen LogP contribution < -0.4 is 5.32 Å². The Bertz CT molecular complexity index is 805. The molecule has 7 nitrogen and oxygen atoms in total. The summed E-state index contributed by atoms with van der Waals surface area (Å²) < 4.78 is 5.16. The number of aliphatic hydroxyl groups excluding tert-OH is 1. The van der Waals surface area contributed by atoms with Gasteiger partial charge >= 0.3 is 12.2 Å². The molecule has 0 heterocycles. The predicted molar refractivity (Wildman–Crippen MR) is 114 cm³/mol. The highest BCUT2D eigenvalue weighted by Gasteiger charge is 2.37. The molecule has 30 heavy (non-hydrogen) atoms. The van der Waals surface area contributed by atoms with Crippen LogP contribution in [0.2, 0.25) is 0 Å². The maximum atomic E-state index is 12.0. The van der Waals surface area contributed by atoms with Crippen LogP contribution in [0.5, 0.6) is 0 Å². The molecule has 162 valence electrons. The van der Waals surface area contributed by atoms with Crippen LogP contribution in [0.3, 0.4) is 0 Å². The molecule has 3 N–H and O–H groups in total. The van der Waals surface area contributed by atoms with Crippen molar-refractivity contribution in [2.24, 2.45) is 0 Å². The van der Waals surface area contributed by atoms with E-state index in [9.17, 15) is 19.8 Å². The van der Waals surface area contributed by atoms with Gasteiger partial charge in [0.05, 0.1) is 12.1 Å². The van der Waals surface area contributed by atoms with Gasteiger partial charge in [-0.1, -0.05) is 60.7 Å². The molecule has 0 aliphatic heterocycles. The Hall–Kier alpha value is -3.06. The minimum absolute atomic E-state index is 0.111. The average molecular weight is 415 g/mol. The summed E-state index contributed by atoms with van der Waals surface area (Å²) in [5.74, 6) is 0. The first-order chi connectivity index (χ1) is 14.2. The minimum atomic E-state index is -1.13. The largest absolute Gasteiger partial charge is 0.465 e. The standard InChI is InChI=1S/C23H30N2O5/c1-23(2,3)25(22(28)29)19(14-17-10-6-4-7-11-17)20(26)15-24-21(27)30-16-18-12-8-5-9-13-18/h4-13,19-20,26H,14-16H2,1-3H3,(H,24,27)(H,28,29)/t19-,20-/m0/s1. The number of rotatable bonds is 8. The van der Waals surface area contributed by atoms with Gasteiger partial charge in [0.15, 0.2) is 0 Å². The molecule has 2 aromatic rings. The monoisotopic (exact) mass is 414 g/mol. The summed E-state index contributed by atoms with van der Waals surface area (Å²) in [5.41, 5.74) is 1.00. The normalized spacial score (nSPS) is 13.2. The molecule has 0 saturated carbocycles. The minimum Gasteiger partial charge on any atom is -0.465 e. The summed E-state index contributed by atoms with van der Waals surface area (Å²) in [4.78, 5) is 25.2. The van der Waals surface area contributed by atoms with E-state index in [1.165, 1.54) is 4.90 Å². The van der Waals surface area contributed by atoms with Crippen LogP contribution in [-0.4, -0.2) is 51.5 Å². The van der Waals surface area contributed by atoms with E-state index in [0.717, 1.165) is 11.1 Å². The zero-order valence-corrected chi connectivity index (χ0v) is 17.6. The molecule has 0 spiro atoms. The van der Waals surface area contributed by atoms with Gasteiger partial charge in [-0.05, 0) is 38.3 Å². The van der Waals surface area contributed by atoms with E-state index >= 15 is 0 Å². The molecule has 0 radical (unpaired) electrons. The quantitative estimate of drug-likeness (QED) is 0.612. The average Bonchev–Trinajstić information content (AvgIpc) is 2.70. The number of hydrogen-bond acceptors (Lipinski definition) is 4. The van der Waals surface area contributed by atoms with Gasteiger partial charge in [0, 0.05) is 12.1 Å². The van der Waals surface area contributed by atoms with Crippen LogP contribution in [0.4, 0.5) is 9.59 Å². The molecule has 0 aliphatic rings. The molecule has 2 aromatic carbocycles. The molecule has 0 aliphatic carbocycles. The number of carbonyl (C=O) groups is 2. The van der Waals surface area contributed by atoms with Crippen LogP contribution in [-0.2, 0) is 17.8 Å². The second-order valence-corrected chi connectivity index (χ2v) is 8.09. The highest BCUT2D eigenvalue weighted by Crippen LogP contribution is 2.22. The molecular weight excluding hydrogens is 384 g/mol. The van der Waals surface area contributed by atoms with E-state index in [2.05, 4.69) is 5.32 Å². The number of aliphatic hydroxyl groups is 1. The van der Waals surface area contributed by atoms with E-state index < -0.39 is 29.9 Å². The smallest absolute Gasteiger partial charge is 0.408 e. The van der Waals surface area contributed by atoms with Crippen molar-refractivity contribution in [2.45, 2.75) is 51.5 Å². The van der Waals surface area contributed by atoms with Crippen molar-refractivity contribution >= 4 is 12.2 Å². The predicted octanol–water partition coefficient (Wildman–Crippen LogP) is 3.66. The molecule has 7 heteroatoms. The van der Waals surface area contributed by atoms with Crippen LogP contribution >= 0.6 is 0 Å². The Morgan fingerprint density at radius 3 is 2.03 bits per heavy atom. The SMILES string of the molecule is CC(C)(C)N(C(=O)O)[C@@H](Cc1ccccc1)[C@@H](O)CNC(=O)OCc1ccccc1. The van der Waals surface area contributed by atoms with E-state index in [1.54, 1.807) is 20.8 Å². The Morgan fingerprint density at radius 1 is 1.00 bits per heavy atom. The summed E-state index contributed by atoms with van der Waals surface area (Å²) in [5, 5.41) is 23.1. The molecular formula is C23H30N2O5. The van der Waals surface area contributed by atoms with Gasteiger partial charge in [0.2, 0.25) is 0 Å². The number of nitrogens with zero attached hydrogens (tertiary/aromatic N) is 1. The molecule has 0 bridgehead atoms. The number of carboxylic acid groups (broad SMARTS) is 1. The van der Waals surface area contributed by atoms with Gasteiger partial charge in [0.1, 0.15) is 6.61 Å². The van der Waals surface area contributed by atoms with Gasteiger partial charge in [-0.3, -0.25) is 4.90 Å². The molecule has 2 atom stereocenters. The number of alkyl carbamates (subject to hydrolysis) is 1. The summed E-state index contributed by atoms with van der Waals surface area (Å²) in [7, 11) is 0. The highest BCUT2D eigenvalue weighted by molar-refractivity contribution is 5.68. The zero-order valence-electron chi connectivity index (χ0n) is 17.6. The Kier molecular flexibility index (Phi) is 8.24. The number of nitrogens with one attached hydrogen (secondary N) is 1. The van der Waals surface area contributed by atoms with E-state index in [4.69, 9.17) is 4.74 Å². The number of benzene rings is 2. The first kappa shape index (κ1) is 23.2. The summed E-state index contributed by atoms with van der Waals surface area (Å²) >= 11 is 0. The lowest BCUT2D eigenvalue weighted by atomic mass is 9.94. The molecule has 2 amide bonds.